The van der Waals surface area contributed by atoms with Crippen molar-refractivity contribution in [2.75, 3.05) is 0 Å². The van der Waals surface area contributed by atoms with Gasteiger partial charge < -0.3 is 5.32 Å². The van der Waals surface area contributed by atoms with Gasteiger partial charge in [0, 0.05) is 17.6 Å². The molecule has 0 aromatic heterocycles. The van der Waals surface area contributed by atoms with Crippen LogP contribution in [-0.2, 0) is 6.54 Å². The van der Waals surface area contributed by atoms with Crippen LogP contribution in [0, 0.1) is 0 Å². The molecule has 0 aliphatic heterocycles. The lowest BCUT2D eigenvalue weighted by atomic mass is 10.1. The summed E-state index contributed by atoms with van der Waals surface area (Å²) in [5, 5.41) is 3.37. The maximum atomic E-state index is 12.4. The lowest BCUT2D eigenvalue weighted by molar-refractivity contribution is 0.151. The third kappa shape index (κ3) is 2.75. The first kappa shape index (κ1) is 10.6. The van der Waals surface area contributed by atoms with Crippen molar-refractivity contribution in [2.24, 2.45) is 0 Å². The van der Waals surface area contributed by atoms with E-state index in [1.54, 1.807) is 12.1 Å². The van der Waals surface area contributed by atoms with Crippen LogP contribution in [0.3, 0.4) is 0 Å². The number of hydrogen-bond donors (Lipinski definition) is 1. The fourth-order valence-corrected chi connectivity index (χ4v) is 1.52. The van der Waals surface area contributed by atoms with Crippen molar-refractivity contribution in [3.8, 4) is 0 Å². The highest BCUT2D eigenvalue weighted by molar-refractivity contribution is 5.24. The van der Waals surface area contributed by atoms with E-state index in [9.17, 15) is 8.78 Å². The topological polar surface area (TPSA) is 12.0 Å². The number of benzene rings is 1. The SMILES string of the molecule is CC1(NCc2cccc(C(F)F)c2)CC1. The van der Waals surface area contributed by atoms with Gasteiger partial charge in [-0.2, -0.15) is 0 Å². The van der Waals surface area contributed by atoms with Crippen LogP contribution in [0.4, 0.5) is 8.78 Å². The largest absolute Gasteiger partial charge is 0.307 e. The van der Waals surface area contributed by atoms with E-state index in [1.807, 2.05) is 6.07 Å². The van der Waals surface area contributed by atoms with Gasteiger partial charge in [0.1, 0.15) is 0 Å². The summed E-state index contributed by atoms with van der Waals surface area (Å²) in [7, 11) is 0. The van der Waals surface area contributed by atoms with E-state index < -0.39 is 6.43 Å². The van der Waals surface area contributed by atoms with Crippen LogP contribution in [0.2, 0.25) is 0 Å². The van der Waals surface area contributed by atoms with E-state index in [0.717, 1.165) is 5.56 Å². The predicted molar refractivity (Wildman–Crippen MR) is 55.9 cm³/mol. The van der Waals surface area contributed by atoms with Crippen LogP contribution in [0.15, 0.2) is 24.3 Å². The van der Waals surface area contributed by atoms with E-state index in [4.69, 9.17) is 0 Å². The first-order valence-electron chi connectivity index (χ1n) is 5.21. The summed E-state index contributed by atoms with van der Waals surface area (Å²) in [6, 6.07) is 6.61. The minimum atomic E-state index is -2.37. The molecule has 1 N–H and O–H groups in total. The molecule has 0 amide bonds. The quantitative estimate of drug-likeness (QED) is 0.806. The molecule has 1 aromatic carbocycles. The smallest absolute Gasteiger partial charge is 0.263 e. The Morgan fingerprint density at radius 3 is 2.73 bits per heavy atom. The Morgan fingerprint density at radius 2 is 2.13 bits per heavy atom. The Balaban J connectivity index is 1.98. The molecule has 0 saturated heterocycles. The third-order valence-electron chi connectivity index (χ3n) is 2.92. The fraction of sp³-hybridized carbons (Fsp3) is 0.500. The van der Waals surface area contributed by atoms with Crippen molar-refractivity contribution in [3.05, 3.63) is 35.4 Å². The Bertz CT molecular complexity index is 345. The fourth-order valence-electron chi connectivity index (χ4n) is 1.52. The number of nitrogens with one attached hydrogen (secondary N) is 1. The summed E-state index contributed by atoms with van der Waals surface area (Å²) in [4.78, 5) is 0. The molecule has 2 rings (SSSR count). The first-order valence-corrected chi connectivity index (χ1v) is 5.21. The van der Waals surface area contributed by atoms with Crippen molar-refractivity contribution in [1.82, 2.24) is 5.32 Å². The normalized spacial score (nSPS) is 18.1. The van der Waals surface area contributed by atoms with Crippen LogP contribution < -0.4 is 5.32 Å². The van der Waals surface area contributed by atoms with Crippen molar-refractivity contribution in [2.45, 2.75) is 38.3 Å². The van der Waals surface area contributed by atoms with Crippen molar-refractivity contribution in [1.29, 1.82) is 0 Å². The van der Waals surface area contributed by atoms with Crippen LogP contribution in [0.5, 0.6) is 0 Å². The molecular weight excluding hydrogens is 196 g/mol. The molecule has 1 nitrogen and oxygen atoms in total. The van der Waals surface area contributed by atoms with Gasteiger partial charge in [0.2, 0.25) is 0 Å². The molecular formula is C12H15F2N. The van der Waals surface area contributed by atoms with Gasteiger partial charge in [-0.05, 0) is 31.4 Å². The van der Waals surface area contributed by atoms with Gasteiger partial charge in [0.15, 0.2) is 0 Å². The number of alkyl halides is 2. The van der Waals surface area contributed by atoms with Crippen LogP contribution in [-0.4, -0.2) is 5.54 Å². The molecule has 0 atom stereocenters. The van der Waals surface area contributed by atoms with Crippen LogP contribution in [0.1, 0.15) is 37.3 Å². The molecule has 82 valence electrons. The summed E-state index contributed by atoms with van der Waals surface area (Å²) in [6.45, 7) is 2.83. The molecule has 1 aliphatic carbocycles. The Morgan fingerprint density at radius 1 is 1.40 bits per heavy atom. The average Bonchev–Trinajstić information content (AvgIpc) is 2.95. The van der Waals surface area contributed by atoms with Crippen molar-refractivity contribution < 1.29 is 8.78 Å². The van der Waals surface area contributed by atoms with Gasteiger partial charge in [-0.15, -0.1) is 0 Å². The van der Waals surface area contributed by atoms with Gasteiger partial charge in [-0.1, -0.05) is 18.2 Å². The molecule has 1 aromatic rings. The molecule has 15 heavy (non-hydrogen) atoms. The first-order chi connectivity index (χ1) is 7.09. The van der Waals surface area contributed by atoms with Gasteiger partial charge in [0.25, 0.3) is 6.43 Å². The average molecular weight is 211 g/mol. The van der Waals surface area contributed by atoms with E-state index in [2.05, 4.69) is 12.2 Å². The second kappa shape index (κ2) is 3.89. The number of rotatable bonds is 4. The molecule has 0 heterocycles. The highest BCUT2D eigenvalue weighted by Crippen LogP contribution is 2.34. The van der Waals surface area contributed by atoms with E-state index in [1.165, 1.54) is 18.9 Å². The molecule has 0 unspecified atom stereocenters. The summed E-state index contributed by atoms with van der Waals surface area (Å²) >= 11 is 0. The van der Waals surface area contributed by atoms with Gasteiger partial charge in [-0.3, -0.25) is 0 Å². The second-order valence-corrected chi connectivity index (χ2v) is 4.46. The highest BCUT2D eigenvalue weighted by Gasteiger charge is 2.36. The zero-order chi connectivity index (χ0) is 10.9. The standard InChI is InChI=1S/C12H15F2N/c1-12(5-6-12)15-8-9-3-2-4-10(7-9)11(13)14/h2-4,7,11,15H,5-6,8H2,1H3. The third-order valence-corrected chi connectivity index (χ3v) is 2.92. The molecule has 1 fully saturated rings. The second-order valence-electron chi connectivity index (χ2n) is 4.46. The molecule has 1 saturated carbocycles. The van der Waals surface area contributed by atoms with E-state index in [0.29, 0.717) is 6.54 Å². The minimum absolute atomic E-state index is 0.107. The predicted octanol–water partition coefficient (Wildman–Crippen LogP) is 3.27. The Kier molecular flexibility index (Phi) is 2.74. The van der Waals surface area contributed by atoms with Crippen molar-refractivity contribution >= 4 is 0 Å². The number of halogens is 2. The van der Waals surface area contributed by atoms with Gasteiger partial charge >= 0.3 is 0 Å². The van der Waals surface area contributed by atoms with Crippen molar-refractivity contribution in [3.63, 3.8) is 0 Å². The zero-order valence-electron chi connectivity index (χ0n) is 8.76. The maximum absolute atomic E-state index is 12.4. The summed E-state index contributed by atoms with van der Waals surface area (Å²) in [5.41, 5.74) is 1.29. The number of hydrogen-bond acceptors (Lipinski definition) is 1. The monoisotopic (exact) mass is 211 g/mol. The van der Waals surface area contributed by atoms with Crippen LogP contribution >= 0.6 is 0 Å². The van der Waals surface area contributed by atoms with E-state index in [-0.39, 0.29) is 11.1 Å². The molecule has 0 radical (unpaired) electrons. The lowest BCUT2D eigenvalue weighted by Crippen LogP contribution is -2.26. The van der Waals surface area contributed by atoms with Gasteiger partial charge in [-0.25, -0.2) is 8.78 Å². The minimum Gasteiger partial charge on any atom is -0.307 e. The Labute approximate surface area is 88.5 Å². The lowest BCUT2D eigenvalue weighted by Gasteiger charge is -2.11. The van der Waals surface area contributed by atoms with Gasteiger partial charge in [0.05, 0.1) is 0 Å². The van der Waals surface area contributed by atoms with E-state index >= 15 is 0 Å². The summed E-state index contributed by atoms with van der Waals surface area (Å²) in [5.74, 6) is 0. The summed E-state index contributed by atoms with van der Waals surface area (Å²) in [6.07, 6.45) is -0.00948. The highest BCUT2D eigenvalue weighted by atomic mass is 19.3. The zero-order valence-corrected chi connectivity index (χ0v) is 8.76. The molecule has 1 aliphatic rings. The maximum Gasteiger partial charge on any atom is 0.263 e. The molecule has 0 spiro atoms. The molecule has 3 heteroatoms. The Hall–Kier alpha value is -0.960. The molecule has 0 bridgehead atoms. The summed E-state index contributed by atoms with van der Waals surface area (Å²) < 4.78 is 24.8. The van der Waals surface area contributed by atoms with Crippen LogP contribution in [0.25, 0.3) is 0 Å².